The van der Waals surface area contributed by atoms with Crippen molar-refractivity contribution < 1.29 is 4.42 Å². The molecule has 1 unspecified atom stereocenters. The molecule has 2 heterocycles. The van der Waals surface area contributed by atoms with Crippen molar-refractivity contribution in [3.8, 4) is 0 Å². The van der Waals surface area contributed by atoms with Gasteiger partial charge in [-0.15, -0.1) is 0 Å². The van der Waals surface area contributed by atoms with Gasteiger partial charge in [-0.3, -0.25) is 0 Å². The summed E-state index contributed by atoms with van der Waals surface area (Å²) >= 11 is 0. The van der Waals surface area contributed by atoms with Crippen molar-refractivity contribution in [1.82, 2.24) is 9.38 Å². The zero-order valence-corrected chi connectivity index (χ0v) is 16.6. The number of hydrogen-bond donors (Lipinski definition) is 0. The zero-order valence-electron chi connectivity index (χ0n) is 16.6. The van der Waals surface area contributed by atoms with Crippen LogP contribution in [-0.2, 0) is 0 Å². The van der Waals surface area contributed by atoms with E-state index in [1.165, 1.54) is 32.8 Å². The van der Waals surface area contributed by atoms with Gasteiger partial charge in [-0.2, -0.15) is 0 Å². The van der Waals surface area contributed by atoms with E-state index in [0.29, 0.717) is 4.48 Å². The highest BCUT2D eigenvalue weighted by Gasteiger charge is 2.49. The van der Waals surface area contributed by atoms with E-state index < -0.39 is 0 Å². The van der Waals surface area contributed by atoms with Crippen LogP contribution in [0.5, 0.6) is 0 Å². The summed E-state index contributed by atoms with van der Waals surface area (Å²) in [4.78, 5) is 2.28. The minimum Gasteiger partial charge on any atom is -0.450 e. The Balaban J connectivity index is 1.94. The van der Waals surface area contributed by atoms with Crippen LogP contribution in [0, 0.1) is 6.92 Å². The first-order valence-electron chi connectivity index (χ1n) is 9.47. The van der Waals surface area contributed by atoms with Crippen LogP contribution in [-0.4, -0.2) is 24.7 Å². The second kappa shape index (κ2) is 5.14. The summed E-state index contributed by atoms with van der Waals surface area (Å²) in [6.45, 7) is 6.75. The fourth-order valence-electron chi connectivity index (χ4n) is 4.55. The normalized spacial score (nSPS) is 21.7. The first-order valence-corrected chi connectivity index (χ1v) is 9.47. The molecule has 0 saturated carbocycles. The fraction of sp³-hybridized carbons (Fsp3) is 0.250. The maximum atomic E-state index is 6.51. The van der Waals surface area contributed by atoms with Crippen molar-refractivity contribution >= 4 is 38.4 Å². The number of quaternary nitrogens is 1. The highest BCUT2D eigenvalue weighted by Crippen LogP contribution is 2.47. The Labute approximate surface area is 159 Å². The summed E-state index contributed by atoms with van der Waals surface area (Å²) in [5.41, 5.74) is 4.34. The zero-order chi connectivity index (χ0) is 19.0. The van der Waals surface area contributed by atoms with Gasteiger partial charge in [0.15, 0.2) is 16.9 Å². The van der Waals surface area contributed by atoms with Gasteiger partial charge in [0, 0.05) is 37.2 Å². The molecule has 3 nitrogen and oxygen atoms in total. The standard InChI is InChI=1S/C24H25N2O/c1-16-10-12-19-21-18-9-7-6-8-17(18)11-13-20(21)27-23(19)22(16)26(5)15-14-25(4)24(26,2)3/h6-15H,1-5H3/q+1. The predicted octanol–water partition coefficient (Wildman–Crippen LogP) is 6.14. The van der Waals surface area contributed by atoms with E-state index in [2.05, 4.69) is 101 Å². The van der Waals surface area contributed by atoms with Gasteiger partial charge in [0.05, 0.1) is 13.2 Å². The van der Waals surface area contributed by atoms with Gasteiger partial charge in [-0.1, -0.05) is 36.4 Å². The van der Waals surface area contributed by atoms with Crippen molar-refractivity contribution in [2.75, 3.05) is 14.1 Å². The molecule has 0 spiro atoms. The average molecular weight is 357 g/mol. The molecule has 0 N–H and O–H groups in total. The number of benzene rings is 3. The summed E-state index contributed by atoms with van der Waals surface area (Å²) in [6, 6.07) is 17.3. The number of hydrogen-bond acceptors (Lipinski definition) is 2. The summed E-state index contributed by atoms with van der Waals surface area (Å²) < 4.78 is 7.20. The second-order valence-corrected chi connectivity index (χ2v) is 8.35. The Morgan fingerprint density at radius 2 is 1.74 bits per heavy atom. The third-order valence-electron chi connectivity index (χ3n) is 6.76. The lowest BCUT2D eigenvalue weighted by Gasteiger charge is -2.43. The Hall–Kier alpha value is -2.78. The lowest BCUT2D eigenvalue weighted by atomic mass is 10.0. The minimum absolute atomic E-state index is 0.0971. The molecule has 27 heavy (non-hydrogen) atoms. The summed E-state index contributed by atoms with van der Waals surface area (Å²) in [7, 11) is 4.41. The number of aryl methyl sites for hydroxylation is 1. The fourth-order valence-corrected chi connectivity index (χ4v) is 4.55. The second-order valence-electron chi connectivity index (χ2n) is 8.35. The van der Waals surface area contributed by atoms with Gasteiger partial charge in [0.1, 0.15) is 11.8 Å². The van der Waals surface area contributed by atoms with Crippen LogP contribution in [0.1, 0.15) is 19.4 Å². The van der Waals surface area contributed by atoms with Crippen LogP contribution in [0.3, 0.4) is 0 Å². The number of fused-ring (bicyclic) bond motifs is 5. The molecular weight excluding hydrogens is 332 g/mol. The van der Waals surface area contributed by atoms with Crippen molar-refractivity contribution in [2.24, 2.45) is 0 Å². The molecule has 5 rings (SSSR count). The molecule has 0 saturated heterocycles. The molecule has 3 aromatic carbocycles. The third kappa shape index (κ3) is 1.95. The third-order valence-corrected chi connectivity index (χ3v) is 6.76. The molecule has 0 aliphatic carbocycles. The van der Waals surface area contributed by atoms with Gasteiger partial charge < -0.3 is 9.32 Å². The van der Waals surface area contributed by atoms with E-state index in [1.807, 2.05) is 0 Å². The Bertz CT molecular complexity index is 1250. The quantitative estimate of drug-likeness (QED) is 0.381. The van der Waals surface area contributed by atoms with Crippen molar-refractivity contribution in [3.63, 3.8) is 0 Å². The molecule has 1 aliphatic rings. The first kappa shape index (κ1) is 16.4. The highest BCUT2D eigenvalue weighted by molar-refractivity contribution is 6.20. The van der Waals surface area contributed by atoms with E-state index in [1.54, 1.807) is 0 Å². The molecule has 0 radical (unpaired) electrons. The van der Waals surface area contributed by atoms with E-state index in [0.717, 1.165) is 11.2 Å². The molecule has 0 bridgehead atoms. The number of nitrogens with zero attached hydrogens (tertiary/aromatic N) is 2. The lowest BCUT2D eigenvalue weighted by molar-refractivity contribution is 0.107. The monoisotopic (exact) mass is 357 g/mol. The SMILES string of the molecule is Cc1ccc2c(oc3ccc4ccccc4c32)c1[N+]1(C)C=CN(C)C1(C)C. The molecule has 3 heteroatoms. The van der Waals surface area contributed by atoms with Crippen molar-refractivity contribution in [2.45, 2.75) is 26.4 Å². The average Bonchev–Trinajstić information content (AvgIpc) is 3.12. The van der Waals surface area contributed by atoms with E-state index in [4.69, 9.17) is 4.42 Å². The van der Waals surface area contributed by atoms with Crippen molar-refractivity contribution in [3.05, 3.63) is 66.5 Å². The van der Waals surface area contributed by atoms with E-state index in [-0.39, 0.29) is 5.66 Å². The van der Waals surface area contributed by atoms with Gasteiger partial charge in [-0.25, -0.2) is 4.48 Å². The molecule has 0 fully saturated rings. The Morgan fingerprint density at radius 3 is 2.48 bits per heavy atom. The van der Waals surface area contributed by atoms with Gasteiger partial charge in [0.25, 0.3) is 0 Å². The molecule has 136 valence electrons. The minimum atomic E-state index is -0.0971. The molecule has 1 aliphatic heterocycles. The Kier molecular flexibility index (Phi) is 3.12. The molecule has 1 aromatic heterocycles. The summed E-state index contributed by atoms with van der Waals surface area (Å²) in [5.74, 6) is 0. The summed E-state index contributed by atoms with van der Waals surface area (Å²) in [5, 5.41) is 4.90. The maximum absolute atomic E-state index is 6.51. The number of furan rings is 1. The van der Waals surface area contributed by atoms with Crippen LogP contribution in [0.2, 0.25) is 0 Å². The van der Waals surface area contributed by atoms with Gasteiger partial charge in [-0.05, 0) is 29.8 Å². The lowest BCUT2D eigenvalue weighted by Crippen LogP contribution is -2.59. The highest BCUT2D eigenvalue weighted by atomic mass is 16.3. The molecule has 1 atom stereocenters. The predicted molar refractivity (Wildman–Crippen MR) is 115 cm³/mol. The molecule has 0 amide bonds. The van der Waals surface area contributed by atoms with Gasteiger partial charge in [0.2, 0.25) is 0 Å². The van der Waals surface area contributed by atoms with Crippen LogP contribution in [0.4, 0.5) is 5.69 Å². The van der Waals surface area contributed by atoms with Crippen LogP contribution >= 0.6 is 0 Å². The molecular formula is C24H25N2O+. The smallest absolute Gasteiger partial charge is 0.196 e. The van der Waals surface area contributed by atoms with Crippen molar-refractivity contribution in [1.29, 1.82) is 0 Å². The topological polar surface area (TPSA) is 16.4 Å². The van der Waals surface area contributed by atoms with Crippen LogP contribution in [0.15, 0.2) is 65.3 Å². The number of rotatable bonds is 1. The summed E-state index contributed by atoms with van der Waals surface area (Å²) in [6.07, 6.45) is 4.45. The molecule has 4 aromatic rings. The van der Waals surface area contributed by atoms with E-state index in [9.17, 15) is 0 Å². The van der Waals surface area contributed by atoms with E-state index >= 15 is 0 Å². The largest absolute Gasteiger partial charge is 0.450 e. The van der Waals surface area contributed by atoms with Crippen LogP contribution in [0.25, 0.3) is 32.7 Å². The van der Waals surface area contributed by atoms with Gasteiger partial charge >= 0.3 is 0 Å². The first-order chi connectivity index (χ1) is 12.8. The van der Waals surface area contributed by atoms with Crippen LogP contribution < -0.4 is 4.48 Å². The maximum Gasteiger partial charge on any atom is 0.196 e. The Morgan fingerprint density at radius 1 is 0.963 bits per heavy atom.